The Labute approximate surface area is 79.8 Å². The predicted octanol–water partition coefficient (Wildman–Crippen LogP) is 1.33. The van der Waals surface area contributed by atoms with Crippen molar-refractivity contribution in [1.29, 1.82) is 0 Å². The third-order valence-corrected chi connectivity index (χ3v) is 2.02. The first-order chi connectivity index (χ1) is 5.61. The van der Waals surface area contributed by atoms with Crippen LogP contribution in [0.15, 0.2) is 22.7 Å². The van der Waals surface area contributed by atoms with Crippen LogP contribution in [-0.2, 0) is 11.4 Å². The predicted molar refractivity (Wildman–Crippen MR) is 45.4 cm³/mol. The molecule has 1 rings (SSSR count). The van der Waals surface area contributed by atoms with Gasteiger partial charge in [0.05, 0.1) is 4.47 Å². The Morgan fingerprint density at radius 2 is 2.25 bits per heavy atom. The topological polar surface area (TPSA) is 69.6 Å². The van der Waals surface area contributed by atoms with Crippen molar-refractivity contribution in [3.05, 3.63) is 22.7 Å². The zero-order valence-electron chi connectivity index (χ0n) is 5.69. The smallest absolute Gasteiger partial charge is 0.194 e. The number of para-hydroxylation sites is 1. The van der Waals surface area contributed by atoms with Crippen LogP contribution in [0, 0.1) is 0 Å². The van der Waals surface area contributed by atoms with Gasteiger partial charge in [0.25, 0.3) is 0 Å². The molecule has 0 bridgehead atoms. The summed E-state index contributed by atoms with van der Waals surface area (Å²) in [7, 11) is 0. The average Bonchev–Trinajstić information content (AvgIpc) is 1.97. The van der Waals surface area contributed by atoms with E-state index in [0.717, 1.165) is 0 Å². The van der Waals surface area contributed by atoms with Crippen molar-refractivity contribution < 1.29 is 18.1 Å². The molecular formula is C6H4BrO4S-. The van der Waals surface area contributed by atoms with E-state index in [2.05, 4.69) is 20.1 Å². The highest BCUT2D eigenvalue weighted by Gasteiger charge is 2.06. The van der Waals surface area contributed by atoms with Crippen molar-refractivity contribution in [2.75, 3.05) is 0 Å². The third-order valence-electron chi connectivity index (χ3n) is 1.10. The molecule has 0 amide bonds. The van der Waals surface area contributed by atoms with Gasteiger partial charge in [0.1, 0.15) is 11.4 Å². The Morgan fingerprint density at radius 1 is 1.58 bits per heavy atom. The molecule has 1 aromatic rings. The maximum absolute atomic E-state index is 10.1. The number of hydrogen-bond acceptors (Lipinski definition) is 4. The number of hydrogen-bond donors (Lipinski definition) is 1. The largest absolute Gasteiger partial charge is 0.740 e. The standard InChI is InChI=1S/C6H5BrO4S/c7-4-2-1-3-5(8)6(4)11-12(9)10/h1-3,8H,(H,9,10)/p-1. The maximum atomic E-state index is 10.1. The highest BCUT2D eigenvalue weighted by Crippen LogP contribution is 2.34. The molecule has 1 unspecified atom stereocenters. The van der Waals surface area contributed by atoms with Crippen molar-refractivity contribution in [2.45, 2.75) is 0 Å². The van der Waals surface area contributed by atoms with E-state index in [0.29, 0.717) is 4.47 Å². The van der Waals surface area contributed by atoms with E-state index in [-0.39, 0.29) is 11.5 Å². The van der Waals surface area contributed by atoms with Crippen LogP contribution in [0.25, 0.3) is 0 Å². The van der Waals surface area contributed by atoms with Crippen molar-refractivity contribution in [3.8, 4) is 11.5 Å². The SMILES string of the molecule is O=S([O-])Oc1c(O)cccc1Br. The highest BCUT2D eigenvalue weighted by atomic mass is 79.9. The molecule has 0 fully saturated rings. The summed E-state index contributed by atoms with van der Waals surface area (Å²) >= 11 is 0.340. The number of rotatable bonds is 2. The van der Waals surface area contributed by atoms with E-state index in [1.807, 2.05) is 0 Å². The molecule has 1 atom stereocenters. The first kappa shape index (κ1) is 9.50. The van der Waals surface area contributed by atoms with Crippen LogP contribution < -0.4 is 4.18 Å². The van der Waals surface area contributed by atoms with Crippen LogP contribution in [0.2, 0.25) is 0 Å². The van der Waals surface area contributed by atoms with Gasteiger partial charge in [-0.15, -0.1) is 0 Å². The summed E-state index contributed by atoms with van der Waals surface area (Å²) in [6.07, 6.45) is 0. The van der Waals surface area contributed by atoms with E-state index in [9.17, 15) is 8.76 Å². The number of halogens is 1. The van der Waals surface area contributed by atoms with Crippen LogP contribution in [0.3, 0.4) is 0 Å². The summed E-state index contributed by atoms with van der Waals surface area (Å²) in [6.45, 7) is 0. The van der Waals surface area contributed by atoms with Gasteiger partial charge in [0.15, 0.2) is 11.5 Å². The van der Waals surface area contributed by atoms with E-state index in [1.54, 1.807) is 12.1 Å². The molecule has 12 heavy (non-hydrogen) atoms. The van der Waals surface area contributed by atoms with Crippen LogP contribution >= 0.6 is 15.9 Å². The van der Waals surface area contributed by atoms with Crippen LogP contribution in [-0.4, -0.2) is 13.9 Å². The Morgan fingerprint density at radius 3 is 2.75 bits per heavy atom. The zero-order chi connectivity index (χ0) is 9.14. The van der Waals surface area contributed by atoms with Crippen LogP contribution in [0.4, 0.5) is 0 Å². The van der Waals surface area contributed by atoms with Crippen molar-refractivity contribution >= 4 is 27.3 Å². The molecule has 0 spiro atoms. The first-order valence-corrected chi connectivity index (χ1v) is 4.65. The summed E-state index contributed by atoms with van der Waals surface area (Å²) in [5.41, 5.74) is 0. The van der Waals surface area contributed by atoms with Crippen LogP contribution in [0.1, 0.15) is 0 Å². The maximum Gasteiger partial charge on any atom is 0.194 e. The second-order valence-corrected chi connectivity index (χ2v) is 3.30. The second kappa shape index (κ2) is 3.88. The minimum atomic E-state index is -2.68. The quantitative estimate of drug-likeness (QED) is 0.806. The van der Waals surface area contributed by atoms with Gasteiger partial charge in [0.2, 0.25) is 0 Å². The van der Waals surface area contributed by atoms with Gasteiger partial charge in [-0.25, -0.2) is 4.21 Å². The summed E-state index contributed by atoms with van der Waals surface area (Å²) in [5, 5.41) is 9.11. The fraction of sp³-hybridized carbons (Fsp3) is 0. The first-order valence-electron chi connectivity index (χ1n) is 2.86. The van der Waals surface area contributed by atoms with Gasteiger partial charge in [-0.05, 0) is 28.1 Å². The minimum Gasteiger partial charge on any atom is -0.740 e. The lowest BCUT2D eigenvalue weighted by molar-refractivity contribution is 0.407. The molecule has 0 heterocycles. The molecule has 0 saturated carbocycles. The van der Waals surface area contributed by atoms with Crippen molar-refractivity contribution in [3.63, 3.8) is 0 Å². The normalized spacial score (nSPS) is 12.5. The fourth-order valence-electron chi connectivity index (χ4n) is 0.648. The molecule has 4 nitrogen and oxygen atoms in total. The summed E-state index contributed by atoms with van der Waals surface area (Å²) in [4.78, 5) is 0. The minimum absolute atomic E-state index is 0.106. The van der Waals surface area contributed by atoms with E-state index in [1.165, 1.54) is 6.07 Å². The Hall–Kier alpha value is -0.590. The molecule has 6 heteroatoms. The summed E-state index contributed by atoms with van der Waals surface area (Å²) in [5.74, 6) is -0.334. The summed E-state index contributed by atoms with van der Waals surface area (Å²) < 4.78 is 24.9. The molecule has 0 saturated heterocycles. The van der Waals surface area contributed by atoms with Gasteiger partial charge < -0.3 is 13.8 Å². The number of phenols is 1. The molecular weight excluding hydrogens is 248 g/mol. The second-order valence-electron chi connectivity index (χ2n) is 1.88. The third kappa shape index (κ3) is 2.20. The molecule has 66 valence electrons. The molecule has 1 N–H and O–H groups in total. The van der Waals surface area contributed by atoms with Gasteiger partial charge in [-0.1, -0.05) is 6.07 Å². The summed E-state index contributed by atoms with van der Waals surface area (Å²) in [6, 6.07) is 4.44. The molecule has 0 aliphatic heterocycles. The van der Waals surface area contributed by atoms with E-state index in [4.69, 9.17) is 5.11 Å². The van der Waals surface area contributed by atoms with Gasteiger partial charge >= 0.3 is 0 Å². The monoisotopic (exact) mass is 251 g/mol. The lowest BCUT2D eigenvalue weighted by atomic mass is 10.3. The molecule has 1 aromatic carbocycles. The lowest BCUT2D eigenvalue weighted by Crippen LogP contribution is -1.98. The van der Waals surface area contributed by atoms with Gasteiger partial charge in [-0.3, -0.25) is 0 Å². The number of phenolic OH excluding ortho intramolecular Hbond substituents is 1. The van der Waals surface area contributed by atoms with E-state index < -0.39 is 11.4 Å². The van der Waals surface area contributed by atoms with Crippen LogP contribution in [0.5, 0.6) is 11.5 Å². The highest BCUT2D eigenvalue weighted by molar-refractivity contribution is 9.10. The van der Waals surface area contributed by atoms with Crippen molar-refractivity contribution in [2.24, 2.45) is 0 Å². The zero-order valence-corrected chi connectivity index (χ0v) is 8.09. The lowest BCUT2D eigenvalue weighted by Gasteiger charge is -2.09. The average molecular weight is 252 g/mol. The Bertz CT molecular complexity index is 294. The number of aromatic hydroxyl groups is 1. The van der Waals surface area contributed by atoms with Crippen molar-refractivity contribution in [1.82, 2.24) is 0 Å². The number of benzene rings is 1. The Kier molecular flexibility index (Phi) is 3.07. The fourth-order valence-corrected chi connectivity index (χ4v) is 1.50. The molecule has 0 aromatic heterocycles. The Balaban J connectivity index is 3.04. The van der Waals surface area contributed by atoms with Gasteiger partial charge in [-0.2, -0.15) is 0 Å². The van der Waals surface area contributed by atoms with Gasteiger partial charge in [0, 0.05) is 0 Å². The molecule has 0 aliphatic rings. The molecule has 0 aliphatic carbocycles. The molecule has 0 radical (unpaired) electrons. The van der Waals surface area contributed by atoms with E-state index >= 15 is 0 Å².